The molecule has 0 aliphatic carbocycles. The Balaban J connectivity index is 2.52. The SMILES string of the molecule is CCCNC(=O)COc1coc(CO)cc1=O. The van der Waals surface area contributed by atoms with E-state index in [1.807, 2.05) is 6.92 Å². The molecule has 0 aliphatic rings. The van der Waals surface area contributed by atoms with Crippen molar-refractivity contribution in [1.82, 2.24) is 5.32 Å². The van der Waals surface area contributed by atoms with Crippen molar-refractivity contribution in [3.8, 4) is 5.75 Å². The zero-order valence-electron chi connectivity index (χ0n) is 9.56. The van der Waals surface area contributed by atoms with Gasteiger partial charge < -0.3 is 19.6 Å². The molecular formula is C11H15NO5. The minimum absolute atomic E-state index is 0.0474. The van der Waals surface area contributed by atoms with Crippen LogP contribution in [-0.2, 0) is 11.4 Å². The number of rotatable bonds is 6. The maximum absolute atomic E-state index is 11.4. The number of carbonyl (C=O) groups excluding carboxylic acids is 1. The van der Waals surface area contributed by atoms with Crippen molar-refractivity contribution in [3.63, 3.8) is 0 Å². The molecule has 0 aromatic carbocycles. The highest BCUT2D eigenvalue weighted by atomic mass is 16.5. The van der Waals surface area contributed by atoms with E-state index < -0.39 is 5.43 Å². The number of hydrogen-bond donors (Lipinski definition) is 2. The van der Waals surface area contributed by atoms with Crippen LogP contribution < -0.4 is 15.5 Å². The topological polar surface area (TPSA) is 88.8 Å². The number of nitrogens with one attached hydrogen (secondary N) is 1. The molecule has 2 N–H and O–H groups in total. The molecule has 0 radical (unpaired) electrons. The van der Waals surface area contributed by atoms with Crippen LogP contribution in [0.1, 0.15) is 19.1 Å². The normalized spacial score (nSPS) is 10.0. The van der Waals surface area contributed by atoms with Gasteiger partial charge in [-0.3, -0.25) is 9.59 Å². The van der Waals surface area contributed by atoms with Gasteiger partial charge >= 0.3 is 0 Å². The van der Waals surface area contributed by atoms with Crippen LogP contribution in [0.4, 0.5) is 0 Å². The summed E-state index contributed by atoms with van der Waals surface area (Å²) in [6.45, 7) is 1.92. The van der Waals surface area contributed by atoms with E-state index in [1.165, 1.54) is 0 Å². The van der Waals surface area contributed by atoms with Crippen LogP contribution in [-0.4, -0.2) is 24.2 Å². The Bertz CT molecular complexity index is 426. The number of hydrogen-bond acceptors (Lipinski definition) is 5. The molecule has 1 aromatic rings. The van der Waals surface area contributed by atoms with Gasteiger partial charge in [-0.25, -0.2) is 0 Å². The summed E-state index contributed by atoms with van der Waals surface area (Å²) in [6, 6.07) is 1.12. The molecule has 1 aromatic heterocycles. The average Bonchev–Trinajstić information content (AvgIpc) is 2.34. The molecule has 0 spiro atoms. The van der Waals surface area contributed by atoms with Crippen LogP contribution in [0.15, 0.2) is 21.5 Å². The fourth-order valence-electron chi connectivity index (χ4n) is 1.09. The first-order chi connectivity index (χ1) is 8.17. The van der Waals surface area contributed by atoms with Gasteiger partial charge in [0.1, 0.15) is 18.6 Å². The Morgan fingerprint density at radius 2 is 2.35 bits per heavy atom. The van der Waals surface area contributed by atoms with E-state index in [0.717, 1.165) is 18.8 Å². The lowest BCUT2D eigenvalue weighted by Crippen LogP contribution is -2.30. The summed E-state index contributed by atoms with van der Waals surface area (Å²) in [6.07, 6.45) is 1.92. The van der Waals surface area contributed by atoms with Gasteiger partial charge in [0, 0.05) is 12.6 Å². The lowest BCUT2D eigenvalue weighted by atomic mass is 10.4. The van der Waals surface area contributed by atoms with Crippen LogP contribution in [0, 0.1) is 0 Å². The molecule has 6 heteroatoms. The highest BCUT2D eigenvalue weighted by Crippen LogP contribution is 2.05. The lowest BCUT2D eigenvalue weighted by Gasteiger charge is -2.05. The van der Waals surface area contributed by atoms with Crippen molar-refractivity contribution in [2.45, 2.75) is 20.0 Å². The Hall–Kier alpha value is -1.82. The standard InChI is InChI=1S/C11H15NO5/c1-2-3-12-11(15)7-17-10-6-16-8(5-13)4-9(10)14/h4,6,13H,2-3,5,7H2,1H3,(H,12,15). The van der Waals surface area contributed by atoms with Gasteiger partial charge in [-0.2, -0.15) is 0 Å². The summed E-state index contributed by atoms with van der Waals surface area (Å²) in [7, 11) is 0. The predicted molar refractivity (Wildman–Crippen MR) is 59.7 cm³/mol. The Labute approximate surface area is 98.2 Å². The van der Waals surface area contributed by atoms with Crippen LogP contribution in [0.2, 0.25) is 0 Å². The molecular weight excluding hydrogens is 226 g/mol. The fourth-order valence-corrected chi connectivity index (χ4v) is 1.09. The molecule has 0 fully saturated rings. The van der Waals surface area contributed by atoms with Crippen LogP contribution in [0.3, 0.4) is 0 Å². The monoisotopic (exact) mass is 241 g/mol. The minimum atomic E-state index is -0.427. The van der Waals surface area contributed by atoms with Gasteiger partial charge in [-0.15, -0.1) is 0 Å². The van der Waals surface area contributed by atoms with Gasteiger partial charge in [-0.1, -0.05) is 6.92 Å². The Morgan fingerprint density at radius 3 is 2.94 bits per heavy atom. The highest BCUT2D eigenvalue weighted by Gasteiger charge is 2.06. The number of aliphatic hydroxyl groups is 1. The van der Waals surface area contributed by atoms with E-state index in [4.69, 9.17) is 14.3 Å². The number of ether oxygens (including phenoxy) is 1. The molecule has 0 aliphatic heterocycles. The zero-order valence-corrected chi connectivity index (χ0v) is 9.56. The molecule has 6 nitrogen and oxygen atoms in total. The summed E-state index contributed by atoms with van der Waals surface area (Å²) < 4.78 is 9.89. The smallest absolute Gasteiger partial charge is 0.257 e. The fraction of sp³-hybridized carbons (Fsp3) is 0.455. The van der Waals surface area contributed by atoms with E-state index in [1.54, 1.807) is 0 Å². The second-order valence-corrected chi connectivity index (χ2v) is 3.37. The van der Waals surface area contributed by atoms with E-state index in [2.05, 4.69) is 5.32 Å². The third-order valence-corrected chi connectivity index (χ3v) is 1.94. The summed E-state index contributed by atoms with van der Waals surface area (Å²) in [4.78, 5) is 22.6. The molecule has 17 heavy (non-hydrogen) atoms. The molecule has 0 unspecified atom stereocenters. The van der Waals surface area contributed by atoms with Crippen LogP contribution in [0.25, 0.3) is 0 Å². The molecule has 0 saturated carbocycles. The van der Waals surface area contributed by atoms with Crippen molar-refractivity contribution in [2.24, 2.45) is 0 Å². The maximum Gasteiger partial charge on any atom is 0.257 e. The highest BCUT2D eigenvalue weighted by molar-refractivity contribution is 5.77. The largest absolute Gasteiger partial charge is 0.477 e. The number of amides is 1. The summed E-state index contributed by atoms with van der Waals surface area (Å²) in [5.41, 5.74) is -0.427. The Morgan fingerprint density at radius 1 is 1.59 bits per heavy atom. The van der Waals surface area contributed by atoms with E-state index in [9.17, 15) is 9.59 Å². The second-order valence-electron chi connectivity index (χ2n) is 3.37. The van der Waals surface area contributed by atoms with E-state index in [-0.39, 0.29) is 30.6 Å². The van der Waals surface area contributed by atoms with Gasteiger partial charge in [0.05, 0.1) is 0 Å². The van der Waals surface area contributed by atoms with Crippen molar-refractivity contribution in [3.05, 3.63) is 28.3 Å². The van der Waals surface area contributed by atoms with Gasteiger partial charge in [0.2, 0.25) is 11.2 Å². The lowest BCUT2D eigenvalue weighted by molar-refractivity contribution is -0.123. The second kappa shape index (κ2) is 6.70. The zero-order chi connectivity index (χ0) is 12.7. The molecule has 94 valence electrons. The predicted octanol–water partition coefficient (Wildman–Crippen LogP) is 0.0371. The summed E-state index contributed by atoms with van der Waals surface area (Å²) >= 11 is 0. The van der Waals surface area contributed by atoms with Crippen LogP contribution >= 0.6 is 0 Å². The van der Waals surface area contributed by atoms with Crippen molar-refractivity contribution < 1.29 is 19.1 Å². The van der Waals surface area contributed by atoms with Crippen molar-refractivity contribution in [1.29, 1.82) is 0 Å². The first-order valence-electron chi connectivity index (χ1n) is 5.29. The molecule has 1 rings (SSSR count). The number of carbonyl (C=O) groups is 1. The molecule has 0 atom stereocenters. The third kappa shape index (κ3) is 4.28. The Kier molecular flexibility index (Phi) is 5.22. The van der Waals surface area contributed by atoms with Gasteiger partial charge in [-0.05, 0) is 6.42 Å². The first kappa shape index (κ1) is 13.2. The number of aliphatic hydroxyl groups excluding tert-OH is 1. The van der Waals surface area contributed by atoms with Crippen molar-refractivity contribution in [2.75, 3.05) is 13.2 Å². The minimum Gasteiger partial charge on any atom is -0.477 e. The average molecular weight is 241 g/mol. The summed E-state index contributed by atoms with van der Waals surface area (Å²) in [5.74, 6) is -0.191. The molecule has 1 heterocycles. The van der Waals surface area contributed by atoms with E-state index in [0.29, 0.717) is 6.54 Å². The molecule has 1 amide bonds. The molecule has 0 saturated heterocycles. The van der Waals surface area contributed by atoms with Gasteiger partial charge in [0.25, 0.3) is 5.91 Å². The van der Waals surface area contributed by atoms with Crippen LogP contribution in [0.5, 0.6) is 5.75 Å². The van der Waals surface area contributed by atoms with E-state index >= 15 is 0 Å². The van der Waals surface area contributed by atoms with Crippen molar-refractivity contribution >= 4 is 5.91 Å². The summed E-state index contributed by atoms with van der Waals surface area (Å²) in [5, 5.41) is 11.3. The first-order valence-corrected chi connectivity index (χ1v) is 5.29. The quantitative estimate of drug-likeness (QED) is 0.734. The van der Waals surface area contributed by atoms with Gasteiger partial charge in [0.15, 0.2) is 6.61 Å². The maximum atomic E-state index is 11.4. The third-order valence-electron chi connectivity index (χ3n) is 1.94. The molecule has 0 bridgehead atoms.